The minimum Gasteiger partial charge on any atom is -0.480 e. The van der Waals surface area contributed by atoms with Crippen LogP contribution in [-0.4, -0.2) is 83.5 Å². The van der Waals surface area contributed by atoms with Crippen molar-refractivity contribution in [2.24, 2.45) is 11.7 Å². The van der Waals surface area contributed by atoms with Gasteiger partial charge in [0.15, 0.2) is 0 Å². The van der Waals surface area contributed by atoms with E-state index in [1.807, 2.05) is 0 Å². The van der Waals surface area contributed by atoms with Crippen LogP contribution in [-0.2, 0) is 14.3 Å². The Balaban J connectivity index is 2.01. The molecule has 6 N–H and O–H groups in total. The van der Waals surface area contributed by atoms with Gasteiger partial charge in [-0.25, -0.2) is 0 Å². The van der Waals surface area contributed by atoms with Crippen LogP contribution in [0.1, 0.15) is 19.3 Å². The molecule has 2 heterocycles. The van der Waals surface area contributed by atoms with E-state index in [2.05, 4.69) is 5.32 Å². The highest BCUT2D eigenvalue weighted by Gasteiger charge is 2.51. The van der Waals surface area contributed by atoms with Crippen LogP contribution in [0.4, 0.5) is 0 Å². The minimum atomic E-state index is -1.50. The van der Waals surface area contributed by atoms with Gasteiger partial charge in [-0.1, -0.05) is 6.42 Å². The van der Waals surface area contributed by atoms with Gasteiger partial charge in [0, 0.05) is 32.2 Å². The van der Waals surface area contributed by atoms with E-state index in [1.165, 1.54) is 4.90 Å². The molecule has 0 aliphatic carbocycles. The fourth-order valence-electron chi connectivity index (χ4n) is 3.39. The molecule has 2 saturated heterocycles. The summed E-state index contributed by atoms with van der Waals surface area (Å²) in [7, 11) is -1.42. The van der Waals surface area contributed by atoms with Gasteiger partial charge in [0.05, 0.1) is 12.6 Å². The Bertz CT molecular complexity index is 458. The quantitative estimate of drug-likeness (QED) is 0.344. The summed E-state index contributed by atoms with van der Waals surface area (Å²) in [4.78, 5) is 25.8. The Labute approximate surface area is 141 Å². The van der Waals surface area contributed by atoms with E-state index in [-0.39, 0.29) is 31.4 Å². The normalized spacial score (nSPS) is 30.9. The summed E-state index contributed by atoms with van der Waals surface area (Å²) in [6, 6.07) is -0.386. The number of carbonyl (C=O) groups is 2. The average Bonchev–Trinajstić information content (AvgIpc) is 2.71. The maximum Gasteiger partial charge on any atom is 0.451 e. The van der Waals surface area contributed by atoms with E-state index in [0.717, 1.165) is 0 Å². The molecule has 0 saturated carbocycles. The maximum absolute atomic E-state index is 12.7. The summed E-state index contributed by atoms with van der Waals surface area (Å²) in [6.45, 7) is 1.84. The number of nitrogens with one attached hydrogen (secondary N) is 1. The molecule has 2 fully saturated rings. The third kappa shape index (κ3) is 4.45. The lowest BCUT2D eigenvalue weighted by Gasteiger charge is -2.25. The van der Waals surface area contributed by atoms with Crippen molar-refractivity contribution in [1.29, 1.82) is 0 Å². The van der Waals surface area contributed by atoms with Crippen LogP contribution in [0.25, 0.3) is 0 Å². The zero-order valence-electron chi connectivity index (χ0n) is 13.7. The summed E-state index contributed by atoms with van der Waals surface area (Å²) < 4.78 is 5.31. The van der Waals surface area contributed by atoms with Crippen LogP contribution >= 0.6 is 0 Å². The van der Waals surface area contributed by atoms with Crippen molar-refractivity contribution in [3.63, 3.8) is 0 Å². The predicted octanol–water partition coefficient (Wildman–Crippen LogP) is -2.14. The van der Waals surface area contributed by atoms with Crippen molar-refractivity contribution >= 4 is 19.0 Å². The molecule has 2 rings (SSSR count). The Kier molecular flexibility index (Phi) is 6.58. The van der Waals surface area contributed by atoms with Gasteiger partial charge in [-0.15, -0.1) is 0 Å². The molecule has 9 nitrogen and oxygen atoms in total. The Morgan fingerprint density at radius 1 is 1.38 bits per heavy atom. The van der Waals surface area contributed by atoms with Crippen molar-refractivity contribution < 1.29 is 29.5 Å². The zero-order chi connectivity index (χ0) is 17.7. The summed E-state index contributed by atoms with van der Waals surface area (Å²) in [5.74, 6) is -1.70. The van der Waals surface area contributed by atoms with Crippen molar-refractivity contribution in [3.05, 3.63) is 0 Å². The van der Waals surface area contributed by atoms with E-state index in [1.54, 1.807) is 0 Å². The van der Waals surface area contributed by atoms with Crippen LogP contribution in [0, 0.1) is 5.92 Å². The molecular formula is C14H26BN3O6. The smallest absolute Gasteiger partial charge is 0.451 e. The number of ether oxygens (including phenoxy) is 1. The van der Waals surface area contributed by atoms with Crippen molar-refractivity contribution in [1.82, 2.24) is 10.2 Å². The van der Waals surface area contributed by atoms with E-state index >= 15 is 0 Å². The molecule has 24 heavy (non-hydrogen) atoms. The first-order valence-electron chi connectivity index (χ1n) is 8.33. The monoisotopic (exact) mass is 343 g/mol. The second-order valence-corrected chi connectivity index (χ2v) is 6.58. The molecule has 1 amide bonds. The number of carbonyl (C=O) groups excluding carboxylic acids is 1. The minimum absolute atomic E-state index is 0.0352. The second-order valence-electron chi connectivity index (χ2n) is 6.58. The van der Waals surface area contributed by atoms with Crippen molar-refractivity contribution in [3.8, 4) is 0 Å². The fourth-order valence-corrected chi connectivity index (χ4v) is 3.39. The predicted molar refractivity (Wildman–Crippen MR) is 86.1 cm³/mol. The van der Waals surface area contributed by atoms with Crippen LogP contribution in [0.3, 0.4) is 0 Å². The van der Waals surface area contributed by atoms with Crippen LogP contribution < -0.4 is 11.1 Å². The SMILES string of the molecule is N[C@@]1(C(=O)O)CN(C(=O)[C@@H]2CCOCCN2)CC1CCCB(O)O. The van der Waals surface area contributed by atoms with Crippen molar-refractivity contribution in [2.75, 3.05) is 32.8 Å². The number of nitrogens with two attached hydrogens (primary N) is 1. The fraction of sp³-hybridized carbons (Fsp3) is 0.857. The number of rotatable bonds is 6. The standard InChI is InChI=1S/C14H26BN3O6/c16-14(13(20)21)9-18(8-10(14)2-1-4-15(22)23)12(19)11-3-6-24-7-5-17-11/h10-11,17,22-23H,1-9,16H2,(H,20,21)/t10?,11-,14-/m0/s1. The number of aliphatic carboxylic acids is 1. The lowest BCUT2D eigenvalue weighted by Crippen LogP contribution is -2.55. The average molecular weight is 343 g/mol. The van der Waals surface area contributed by atoms with E-state index in [4.69, 9.17) is 20.5 Å². The molecule has 0 aromatic carbocycles. The molecule has 0 aromatic heterocycles. The molecule has 3 atom stereocenters. The summed E-state index contributed by atoms with van der Waals surface area (Å²) in [5, 5.41) is 30.5. The molecule has 1 unspecified atom stereocenters. The lowest BCUT2D eigenvalue weighted by atomic mass is 9.78. The van der Waals surface area contributed by atoms with Gasteiger partial charge in [-0.2, -0.15) is 0 Å². The number of nitrogens with zero attached hydrogens (tertiary/aromatic N) is 1. The zero-order valence-corrected chi connectivity index (χ0v) is 13.7. The Morgan fingerprint density at radius 2 is 2.12 bits per heavy atom. The van der Waals surface area contributed by atoms with Gasteiger partial charge >= 0.3 is 13.1 Å². The first-order valence-corrected chi connectivity index (χ1v) is 8.33. The van der Waals surface area contributed by atoms with Gasteiger partial charge in [0.25, 0.3) is 0 Å². The first-order chi connectivity index (χ1) is 11.3. The van der Waals surface area contributed by atoms with E-state index in [9.17, 15) is 14.7 Å². The van der Waals surface area contributed by atoms with Gasteiger partial charge in [-0.3, -0.25) is 9.59 Å². The lowest BCUT2D eigenvalue weighted by molar-refractivity contribution is -0.144. The van der Waals surface area contributed by atoms with Gasteiger partial charge in [0.1, 0.15) is 5.54 Å². The largest absolute Gasteiger partial charge is 0.480 e. The second kappa shape index (κ2) is 8.26. The summed E-state index contributed by atoms with van der Waals surface area (Å²) in [5.41, 5.74) is 4.59. The molecule has 2 aliphatic rings. The molecule has 0 radical (unpaired) electrons. The Hall–Kier alpha value is -1.20. The number of hydrogen-bond donors (Lipinski definition) is 5. The number of likely N-dealkylation sites (tertiary alicyclic amines) is 1. The first kappa shape index (κ1) is 19.1. The molecule has 136 valence electrons. The van der Waals surface area contributed by atoms with Crippen LogP contribution in [0.15, 0.2) is 0 Å². The van der Waals surface area contributed by atoms with E-state index in [0.29, 0.717) is 39.0 Å². The van der Waals surface area contributed by atoms with Crippen molar-refractivity contribution in [2.45, 2.75) is 37.2 Å². The molecule has 2 aliphatic heterocycles. The van der Waals surface area contributed by atoms with Crippen LogP contribution in [0.5, 0.6) is 0 Å². The van der Waals surface area contributed by atoms with Gasteiger partial charge in [-0.05, 0) is 19.2 Å². The number of hydrogen-bond acceptors (Lipinski definition) is 7. The maximum atomic E-state index is 12.7. The van der Waals surface area contributed by atoms with E-state index < -0.39 is 24.5 Å². The third-order valence-electron chi connectivity index (χ3n) is 4.83. The Morgan fingerprint density at radius 3 is 2.79 bits per heavy atom. The number of carboxylic acid groups (broad SMARTS) is 1. The van der Waals surface area contributed by atoms with Crippen LogP contribution in [0.2, 0.25) is 6.32 Å². The summed E-state index contributed by atoms with van der Waals surface area (Å²) in [6.07, 6.45) is 1.56. The highest BCUT2D eigenvalue weighted by atomic mass is 16.5. The topological polar surface area (TPSA) is 145 Å². The number of amides is 1. The number of carboxylic acids is 1. The molecular weight excluding hydrogens is 317 g/mol. The highest BCUT2D eigenvalue weighted by Crippen LogP contribution is 2.31. The molecule has 0 spiro atoms. The van der Waals surface area contributed by atoms with Gasteiger partial charge in [0.2, 0.25) is 5.91 Å². The van der Waals surface area contributed by atoms with Gasteiger partial charge < -0.3 is 35.8 Å². The third-order valence-corrected chi connectivity index (χ3v) is 4.83. The highest BCUT2D eigenvalue weighted by molar-refractivity contribution is 6.40. The molecule has 0 bridgehead atoms. The molecule has 10 heteroatoms. The molecule has 0 aromatic rings. The summed E-state index contributed by atoms with van der Waals surface area (Å²) >= 11 is 0.